The molecule has 3 rings (SSSR count). The summed E-state index contributed by atoms with van der Waals surface area (Å²) < 4.78 is 5.70. The molecule has 0 fully saturated rings. The van der Waals surface area contributed by atoms with E-state index in [0.717, 1.165) is 11.4 Å². The lowest BCUT2D eigenvalue weighted by Gasteiger charge is -2.12. The van der Waals surface area contributed by atoms with Crippen LogP contribution >= 0.6 is 15.9 Å². The number of halogens is 1. The normalized spacial score (nSPS) is 10.4. The van der Waals surface area contributed by atoms with Crippen molar-refractivity contribution >= 4 is 39.2 Å². The van der Waals surface area contributed by atoms with E-state index in [0.29, 0.717) is 22.5 Å². The highest BCUT2D eigenvalue weighted by Crippen LogP contribution is 2.17. The molecule has 0 bridgehead atoms. The van der Waals surface area contributed by atoms with E-state index < -0.39 is 5.91 Å². The van der Waals surface area contributed by atoms with Gasteiger partial charge in [0, 0.05) is 38.1 Å². The van der Waals surface area contributed by atoms with Gasteiger partial charge in [-0.1, -0.05) is 6.07 Å². The summed E-state index contributed by atoms with van der Waals surface area (Å²) in [7, 11) is 3.82. The molecule has 28 heavy (non-hydrogen) atoms. The van der Waals surface area contributed by atoms with Crippen molar-refractivity contribution in [3.8, 4) is 0 Å². The first-order valence-corrected chi connectivity index (χ1v) is 9.29. The second kappa shape index (κ2) is 8.71. The summed E-state index contributed by atoms with van der Waals surface area (Å²) >= 11 is 3.16. The van der Waals surface area contributed by atoms with E-state index in [4.69, 9.17) is 4.42 Å². The Balaban J connectivity index is 1.63. The third-order valence-electron chi connectivity index (χ3n) is 3.90. The zero-order valence-electron chi connectivity index (χ0n) is 15.4. The monoisotopic (exact) mass is 442 g/mol. The minimum Gasteiger partial charge on any atom is -0.444 e. The van der Waals surface area contributed by atoms with Gasteiger partial charge in [0.15, 0.2) is 10.4 Å². The van der Waals surface area contributed by atoms with Gasteiger partial charge in [0.1, 0.15) is 5.82 Å². The number of carbonyl (C=O) groups is 2. The van der Waals surface area contributed by atoms with Gasteiger partial charge < -0.3 is 20.0 Å². The Kier molecular flexibility index (Phi) is 6.10. The Labute approximate surface area is 170 Å². The molecule has 3 aromatic rings. The van der Waals surface area contributed by atoms with Crippen molar-refractivity contribution in [2.24, 2.45) is 0 Å². The van der Waals surface area contributed by atoms with Gasteiger partial charge >= 0.3 is 0 Å². The van der Waals surface area contributed by atoms with Gasteiger partial charge in [0.05, 0.1) is 0 Å². The highest BCUT2D eigenvalue weighted by molar-refractivity contribution is 9.10. The van der Waals surface area contributed by atoms with Gasteiger partial charge in [-0.2, -0.15) is 0 Å². The molecule has 0 aliphatic rings. The summed E-state index contributed by atoms with van der Waals surface area (Å²) in [5.74, 6) is 0.369. The fourth-order valence-electron chi connectivity index (χ4n) is 2.47. The minimum absolute atomic E-state index is 0.177. The number of benzene rings is 1. The lowest BCUT2D eigenvalue weighted by molar-refractivity contribution is 0.0949. The van der Waals surface area contributed by atoms with Crippen LogP contribution in [-0.4, -0.2) is 30.9 Å². The molecule has 0 aliphatic carbocycles. The number of carbonyl (C=O) groups excluding carboxylic acids is 2. The van der Waals surface area contributed by atoms with Gasteiger partial charge in [0.25, 0.3) is 11.8 Å². The van der Waals surface area contributed by atoms with E-state index in [2.05, 4.69) is 31.5 Å². The van der Waals surface area contributed by atoms with E-state index in [-0.39, 0.29) is 11.7 Å². The number of amides is 2. The second-order valence-corrected chi connectivity index (χ2v) is 7.02. The molecular weight excluding hydrogens is 424 g/mol. The molecular formula is C20H19BrN4O3. The third-order valence-corrected chi connectivity index (χ3v) is 4.33. The van der Waals surface area contributed by atoms with Gasteiger partial charge in [0.2, 0.25) is 0 Å². The molecule has 1 aromatic carbocycles. The molecule has 2 aromatic heterocycles. The first kappa shape index (κ1) is 19.6. The van der Waals surface area contributed by atoms with E-state index in [1.165, 1.54) is 0 Å². The number of aromatic nitrogens is 1. The van der Waals surface area contributed by atoms with Crippen molar-refractivity contribution in [3.05, 3.63) is 76.3 Å². The Morgan fingerprint density at radius 1 is 1.11 bits per heavy atom. The quantitative estimate of drug-likeness (QED) is 0.607. The third kappa shape index (κ3) is 4.98. The fourth-order valence-corrected chi connectivity index (χ4v) is 2.77. The summed E-state index contributed by atoms with van der Waals surface area (Å²) in [6.45, 7) is 0.374. The zero-order valence-corrected chi connectivity index (χ0v) is 17.0. The molecule has 0 saturated carbocycles. The zero-order chi connectivity index (χ0) is 20.1. The highest BCUT2D eigenvalue weighted by Gasteiger charge is 2.12. The smallest absolute Gasteiger partial charge is 0.291 e. The largest absolute Gasteiger partial charge is 0.444 e. The van der Waals surface area contributed by atoms with Crippen LogP contribution in [0.5, 0.6) is 0 Å². The lowest BCUT2D eigenvalue weighted by Crippen LogP contribution is -2.23. The Bertz CT molecular complexity index is 1000. The first-order valence-electron chi connectivity index (χ1n) is 8.49. The average Bonchev–Trinajstić information content (AvgIpc) is 3.13. The number of anilines is 2. The maximum Gasteiger partial charge on any atom is 0.291 e. The lowest BCUT2D eigenvalue weighted by atomic mass is 10.1. The first-order chi connectivity index (χ1) is 13.4. The van der Waals surface area contributed by atoms with E-state index in [1.807, 2.05) is 31.1 Å². The highest BCUT2D eigenvalue weighted by atomic mass is 79.9. The Morgan fingerprint density at radius 3 is 2.64 bits per heavy atom. The van der Waals surface area contributed by atoms with E-state index >= 15 is 0 Å². The summed E-state index contributed by atoms with van der Waals surface area (Å²) in [5.41, 5.74) is 1.89. The summed E-state index contributed by atoms with van der Waals surface area (Å²) in [5, 5.41) is 5.59. The van der Waals surface area contributed by atoms with Gasteiger partial charge in [-0.25, -0.2) is 4.98 Å². The average molecular weight is 443 g/mol. The predicted molar refractivity (Wildman–Crippen MR) is 111 cm³/mol. The number of pyridine rings is 1. The predicted octanol–water partition coefficient (Wildman–Crippen LogP) is 3.69. The number of hydrogen-bond donors (Lipinski definition) is 2. The Hall–Kier alpha value is -3.13. The molecule has 144 valence electrons. The molecule has 0 saturated heterocycles. The number of hydrogen-bond acceptors (Lipinski definition) is 5. The second-order valence-electron chi connectivity index (χ2n) is 6.24. The van der Waals surface area contributed by atoms with Crippen LogP contribution in [0.1, 0.15) is 26.5 Å². The molecule has 2 N–H and O–H groups in total. The van der Waals surface area contributed by atoms with Crippen LogP contribution in [-0.2, 0) is 6.54 Å². The van der Waals surface area contributed by atoms with Crippen LogP contribution in [0.15, 0.2) is 63.8 Å². The molecule has 0 aliphatic heterocycles. The van der Waals surface area contributed by atoms with Crippen molar-refractivity contribution in [2.45, 2.75) is 6.54 Å². The van der Waals surface area contributed by atoms with Gasteiger partial charge in [-0.3, -0.25) is 9.59 Å². The van der Waals surface area contributed by atoms with Crippen molar-refractivity contribution in [3.63, 3.8) is 0 Å². The molecule has 8 heteroatoms. The fraction of sp³-hybridized carbons (Fsp3) is 0.150. The van der Waals surface area contributed by atoms with Gasteiger partial charge in [-0.15, -0.1) is 0 Å². The topological polar surface area (TPSA) is 87.5 Å². The molecule has 0 atom stereocenters. The summed E-state index contributed by atoms with van der Waals surface area (Å²) in [6, 6.07) is 13.7. The molecule has 2 heterocycles. The molecule has 0 radical (unpaired) electrons. The van der Waals surface area contributed by atoms with Crippen molar-refractivity contribution in [2.75, 3.05) is 24.3 Å². The van der Waals surface area contributed by atoms with Crippen LogP contribution in [0.4, 0.5) is 11.5 Å². The molecule has 2 amide bonds. The maximum atomic E-state index is 12.5. The molecule has 0 spiro atoms. The number of nitrogens with zero attached hydrogens (tertiary/aromatic N) is 2. The van der Waals surface area contributed by atoms with Crippen LogP contribution < -0.4 is 15.5 Å². The van der Waals surface area contributed by atoms with Crippen molar-refractivity contribution < 1.29 is 14.0 Å². The minimum atomic E-state index is -0.392. The number of rotatable bonds is 6. The number of furan rings is 1. The SMILES string of the molecule is CN(C)c1cc(CNC(=O)c2cccc(NC(=O)c3ccc(Br)o3)c2)ccn1. The summed E-state index contributed by atoms with van der Waals surface area (Å²) in [4.78, 5) is 30.8. The molecule has 7 nitrogen and oxygen atoms in total. The summed E-state index contributed by atoms with van der Waals surface area (Å²) in [6.07, 6.45) is 1.71. The number of nitrogens with one attached hydrogen (secondary N) is 2. The van der Waals surface area contributed by atoms with Crippen LogP contribution in [0.2, 0.25) is 0 Å². The maximum absolute atomic E-state index is 12.5. The van der Waals surface area contributed by atoms with Crippen molar-refractivity contribution in [1.29, 1.82) is 0 Å². The van der Waals surface area contributed by atoms with Gasteiger partial charge in [-0.05, 0) is 64.0 Å². The van der Waals surface area contributed by atoms with Crippen LogP contribution in [0.3, 0.4) is 0 Å². The van der Waals surface area contributed by atoms with E-state index in [9.17, 15) is 9.59 Å². The van der Waals surface area contributed by atoms with Crippen molar-refractivity contribution in [1.82, 2.24) is 10.3 Å². The van der Waals surface area contributed by atoms with E-state index in [1.54, 1.807) is 42.6 Å². The Morgan fingerprint density at radius 2 is 1.93 bits per heavy atom. The van der Waals surface area contributed by atoms with Crippen LogP contribution in [0, 0.1) is 0 Å². The molecule has 0 unspecified atom stereocenters. The van der Waals surface area contributed by atoms with Crippen LogP contribution in [0.25, 0.3) is 0 Å². The standard InChI is InChI=1S/C20H19BrN4O3/c1-25(2)18-10-13(8-9-22-18)12-23-19(26)14-4-3-5-15(11-14)24-20(27)16-6-7-17(21)28-16/h3-11H,12H2,1-2H3,(H,23,26)(H,24,27).